The zero-order valence-electron chi connectivity index (χ0n) is 15.0. The monoisotopic (exact) mass is 451 g/mol. The number of benzene rings is 1. The van der Waals surface area contributed by atoms with Gasteiger partial charge in [-0.1, -0.05) is 11.6 Å². The van der Waals surface area contributed by atoms with Crippen molar-refractivity contribution >= 4 is 54.1 Å². The highest BCUT2D eigenvalue weighted by Gasteiger charge is 2.30. The van der Waals surface area contributed by atoms with Gasteiger partial charge in [-0.25, -0.2) is 4.98 Å². The Morgan fingerprint density at radius 3 is 2.78 bits per heavy atom. The number of aromatic nitrogens is 1. The number of carbonyl (C=O) groups is 1. The van der Waals surface area contributed by atoms with Gasteiger partial charge < -0.3 is 15.1 Å². The third kappa shape index (κ3) is 6.03. The van der Waals surface area contributed by atoms with Gasteiger partial charge in [0.15, 0.2) is 5.76 Å². The van der Waals surface area contributed by atoms with Crippen LogP contribution in [0.1, 0.15) is 25.7 Å². The van der Waals surface area contributed by atoms with Crippen molar-refractivity contribution < 1.29 is 9.21 Å². The van der Waals surface area contributed by atoms with E-state index in [0.29, 0.717) is 29.0 Å². The van der Waals surface area contributed by atoms with Crippen LogP contribution in [0.5, 0.6) is 0 Å². The van der Waals surface area contributed by atoms with E-state index in [2.05, 4.69) is 4.98 Å². The van der Waals surface area contributed by atoms with E-state index in [-0.39, 0.29) is 42.0 Å². The second-order valence-corrected chi connectivity index (χ2v) is 7.91. The summed E-state index contributed by atoms with van der Waals surface area (Å²) in [6, 6.07) is 7.61. The number of oxazole rings is 1. The lowest BCUT2D eigenvalue weighted by molar-refractivity contribution is -0.130. The molecule has 3 rings (SSSR count). The van der Waals surface area contributed by atoms with Crippen LogP contribution in [0, 0.1) is 0 Å². The predicted molar refractivity (Wildman–Crippen MR) is 116 cm³/mol. The van der Waals surface area contributed by atoms with Crippen molar-refractivity contribution in [1.29, 1.82) is 0 Å². The molecule has 0 radical (unpaired) electrons. The van der Waals surface area contributed by atoms with E-state index in [9.17, 15) is 4.79 Å². The molecule has 2 aromatic rings. The Morgan fingerprint density at radius 2 is 2.11 bits per heavy atom. The molecule has 0 aliphatic carbocycles. The van der Waals surface area contributed by atoms with Crippen molar-refractivity contribution in [2.24, 2.45) is 5.73 Å². The summed E-state index contributed by atoms with van der Waals surface area (Å²) >= 11 is 7.44. The number of thioether (sulfide) groups is 1. The second kappa shape index (κ2) is 11.2. The van der Waals surface area contributed by atoms with Crippen molar-refractivity contribution in [3.63, 3.8) is 0 Å². The maximum atomic E-state index is 12.6. The highest BCUT2D eigenvalue weighted by atomic mass is 35.5. The number of nitrogens with zero attached hydrogens (tertiary/aromatic N) is 2. The van der Waals surface area contributed by atoms with E-state index in [4.69, 9.17) is 21.8 Å². The van der Waals surface area contributed by atoms with Crippen molar-refractivity contribution in [3.05, 3.63) is 41.4 Å². The van der Waals surface area contributed by atoms with Crippen molar-refractivity contribution in [2.45, 2.75) is 36.8 Å². The van der Waals surface area contributed by atoms with Crippen molar-refractivity contribution in [1.82, 2.24) is 9.88 Å². The zero-order valence-corrected chi connectivity index (χ0v) is 18.2. The molecule has 2 unspecified atom stereocenters. The quantitative estimate of drug-likeness (QED) is 0.703. The Bertz CT molecular complexity index is 727. The third-order valence-corrected chi connectivity index (χ3v) is 5.79. The molecule has 1 aliphatic heterocycles. The molecule has 1 fully saturated rings. The topological polar surface area (TPSA) is 72.4 Å². The summed E-state index contributed by atoms with van der Waals surface area (Å²) in [5.41, 5.74) is 6.69. The zero-order chi connectivity index (χ0) is 17.8. The smallest absolute Gasteiger partial charge is 0.235 e. The summed E-state index contributed by atoms with van der Waals surface area (Å²) in [4.78, 5) is 18.8. The molecule has 27 heavy (non-hydrogen) atoms. The van der Waals surface area contributed by atoms with Gasteiger partial charge >= 0.3 is 0 Å². The average molecular weight is 453 g/mol. The van der Waals surface area contributed by atoms with E-state index in [1.54, 1.807) is 6.20 Å². The Morgan fingerprint density at radius 1 is 1.41 bits per heavy atom. The highest BCUT2D eigenvalue weighted by molar-refractivity contribution is 7.99. The Balaban J connectivity index is 0.00000182. The van der Waals surface area contributed by atoms with Crippen LogP contribution >= 0.6 is 48.2 Å². The van der Waals surface area contributed by atoms with E-state index in [1.165, 1.54) is 11.8 Å². The molecular formula is C18H24Cl3N3O2S. The Labute approximate surface area is 181 Å². The van der Waals surface area contributed by atoms with Crippen LogP contribution in [0.3, 0.4) is 0 Å². The van der Waals surface area contributed by atoms with Crippen molar-refractivity contribution in [2.75, 3.05) is 13.1 Å². The summed E-state index contributed by atoms with van der Waals surface area (Å²) in [5.74, 6) is 2.03. The molecule has 1 aromatic heterocycles. The minimum atomic E-state index is -0.141. The molecule has 9 heteroatoms. The standard InChI is InChI=1S/C18H22ClN3O2S.2ClH/c1-12(18(23)22-8-2-3-15(22)9-20)25-11-17-21-10-16(24-17)13-4-6-14(19)7-5-13;;/h4-7,10,12,15H,2-3,8-9,11,20H2,1H3;2*1H. The molecular weight excluding hydrogens is 429 g/mol. The molecule has 150 valence electrons. The predicted octanol–water partition coefficient (Wildman–Crippen LogP) is 4.41. The maximum absolute atomic E-state index is 12.6. The van der Waals surface area contributed by atoms with Gasteiger partial charge in [0, 0.05) is 29.7 Å². The van der Waals surface area contributed by atoms with Crippen LogP contribution in [-0.2, 0) is 10.5 Å². The molecule has 1 saturated heterocycles. The van der Waals surface area contributed by atoms with Crippen LogP contribution in [0.25, 0.3) is 11.3 Å². The van der Waals surface area contributed by atoms with Crippen molar-refractivity contribution in [3.8, 4) is 11.3 Å². The molecule has 1 aromatic carbocycles. The Hall–Kier alpha value is -0.920. The largest absolute Gasteiger partial charge is 0.440 e. The lowest BCUT2D eigenvalue weighted by Gasteiger charge is -2.26. The summed E-state index contributed by atoms with van der Waals surface area (Å²) in [6.45, 7) is 3.28. The van der Waals surface area contributed by atoms with Crippen LogP contribution in [0.2, 0.25) is 5.02 Å². The fourth-order valence-electron chi connectivity index (χ4n) is 3.00. The molecule has 2 N–H and O–H groups in total. The van der Waals surface area contributed by atoms with E-state index in [0.717, 1.165) is 24.9 Å². The van der Waals surface area contributed by atoms with Gasteiger partial charge in [-0.05, 0) is 44.0 Å². The van der Waals surface area contributed by atoms with Gasteiger partial charge in [-0.15, -0.1) is 36.6 Å². The number of hydrogen-bond acceptors (Lipinski definition) is 5. The maximum Gasteiger partial charge on any atom is 0.235 e. The number of rotatable bonds is 6. The molecule has 2 heterocycles. The van der Waals surface area contributed by atoms with Crippen LogP contribution in [0.4, 0.5) is 0 Å². The molecule has 0 spiro atoms. The first-order valence-electron chi connectivity index (χ1n) is 8.41. The number of amides is 1. The van der Waals surface area contributed by atoms with E-state index >= 15 is 0 Å². The highest BCUT2D eigenvalue weighted by Crippen LogP contribution is 2.26. The summed E-state index contributed by atoms with van der Waals surface area (Å²) in [5, 5.41) is 0.544. The number of carbonyl (C=O) groups excluding carboxylic acids is 1. The average Bonchev–Trinajstić information content (AvgIpc) is 3.28. The first kappa shape index (κ1) is 24.1. The molecule has 0 saturated carbocycles. The SMILES string of the molecule is CC(SCc1ncc(-c2ccc(Cl)cc2)o1)C(=O)N1CCCC1CN.Cl.Cl. The van der Waals surface area contributed by atoms with Crippen LogP contribution in [0.15, 0.2) is 34.9 Å². The lowest BCUT2D eigenvalue weighted by Crippen LogP contribution is -2.43. The molecule has 1 amide bonds. The van der Waals surface area contributed by atoms with Gasteiger partial charge in [0.05, 0.1) is 17.2 Å². The molecule has 0 bridgehead atoms. The van der Waals surface area contributed by atoms with Gasteiger partial charge in [0.2, 0.25) is 11.8 Å². The Kier molecular flexibility index (Phi) is 9.98. The van der Waals surface area contributed by atoms with Gasteiger partial charge in [0.25, 0.3) is 0 Å². The molecule has 2 atom stereocenters. The van der Waals surface area contributed by atoms with Gasteiger partial charge in [0.1, 0.15) is 0 Å². The van der Waals surface area contributed by atoms with Crippen LogP contribution in [-0.4, -0.2) is 40.2 Å². The number of likely N-dealkylation sites (tertiary alicyclic amines) is 1. The van der Waals surface area contributed by atoms with E-state index < -0.39 is 0 Å². The number of nitrogens with two attached hydrogens (primary N) is 1. The fraction of sp³-hybridized carbons (Fsp3) is 0.444. The van der Waals surface area contributed by atoms with E-state index in [1.807, 2.05) is 36.1 Å². The van der Waals surface area contributed by atoms with Gasteiger partial charge in [-0.3, -0.25) is 4.79 Å². The third-order valence-electron chi connectivity index (χ3n) is 4.42. The second-order valence-electron chi connectivity index (χ2n) is 6.14. The van der Waals surface area contributed by atoms with Crippen LogP contribution < -0.4 is 5.73 Å². The summed E-state index contributed by atoms with van der Waals surface area (Å²) in [6.07, 6.45) is 3.75. The van der Waals surface area contributed by atoms with Gasteiger partial charge in [-0.2, -0.15) is 0 Å². The summed E-state index contributed by atoms with van der Waals surface area (Å²) < 4.78 is 5.79. The summed E-state index contributed by atoms with van der Waals surface area (Å²) in [7, 11) is 0. The number of halogens is 3. The minimum Gasteiger partial charge on any atom is -0.440 e. The minimum absolute atomic E-state index is 0. The normalized spacial score (nSPS) is 17.1. The first-order valence-corrected chi connectivity index (χ1v) is 9.84. The number of hydrogen-bond donors (Lipinski definition) is 1. The lowest BCUT2D eigenvalue weighted by atomic mass is 10.2. The molecule has 5 nitrogen and oxygen atoms in total. The fourth-order valence-corrected chi connectivity index (χ4v) is 3.93. The first-order chi connectivity index (χ1) is 12.1. The molecule has 1 aliphatic rings.